The van der Waals surface area contributed by atoms with E-state index in [9.17, 15) is 22.0 Å². The zero-order chi connectivity index (χ0) is 18.9. The van der Waals surface area contributed by atoms with Crippen LogP contribution in [0.3, 0.4) is 0 Å². The Morgan fingerprint density at radius 1 is 1.23 bits per heavy atom. The summed E-state index contributed by atoms with van der Waals surface area (Å²) in [5.74, 6) is -3.17. The Morgan fingerprint density at radius 3 is 2.46 bits per heavy atom. The highest BCUT2D eigenvalue weighted by Crippen LogP contribution is 2.28. The molecule has 0 radical (unpaired) electrons. The van der Waals surface area contributed by atoms with E-state index in [0.717, 1.165) is 0 Å². The summed E-state index contributed by atoms with van der Waals surface area (Å²) in [6, 6.07) is 5.81. The Hall–Kier alpha value is -1.78. The number of hydrogen-bond donors (Lipinski definition) is 2. The van der Waals surface area contributed by atoms with Crippen LogP contribution >= 0.6 is 0 Å². The van der Waals surface area contributed by atoms with Gasteiger partial charge in [-0.25, -0.2) is 21.9 Å². The number of para-hydroxylation sites is 1. The van der Waals surface area contributed by atoms with Crippen LogP contribution in [0.5, 0.6) is 0 Å². The van der Waals surface area contributed by atoms with Crippen LogP contribution in [0.15, 0.2) is 29.2 Å². The summed E-state index contributed by atoms with van der Waals surface area (Å²) in [6.07, 6.45) is -0.477. The van der Waals surface area contributed by atoms with Crippen molar-refractivity contribution in [3.8, 4) is 0 Å². The van der Waals surface area contributed by atoms with Gasteiger partial charge in [-0.1, -0.05) is 12.1 Å². The van der Waals surface area contributed by atoms with Crippen molar-refractivity contribution in [2.75, 3.05) is 44.7 Å². The van der Waals surface area contributed by atoms with E-state index in [4.69, 9.17) is 0 Å². The number of sulfonamides is 1. The molecule has 0 bridgehead atoms. The number of halogens is 2. The molecule has 2 saturated heterocycles. The molecular weight excluding hydrogens is 366 g/mol. The Morgan fingerprint density at radius 2 is 1.88 bits per heavy atom. The Labute approximate surface area is 151 Å². The van der Waals surface area contributed by atoms with Crippen molar-refractivity contribution in [1.82, 2.24) is 14.9 Å². The van der Waals surface area contributed by atoms with E-state index in [-0.39, 0.29) is 10.8 Å². The molecule has 0 saturated carbocycles. The highest BCUT2D eigenvalue weighted by atomic mass is 32.2. The summed E-state index contributed by atoms with van der Waals surface area (Å²) in [7, 11) is -2.25. The van der Waals surface area contributed by atoms with Crippen LogP contribution in [0.25, 0.3) is 0 Å². The first kappa shape index (κ1) is 19.0. The first-order valence-corrected chi connectivity index (χ1v) is 9.89. The molecule has 1 unspecified atom stereocenters. The van der Waals surface area contributed by atoms with Gasteiger partial charge < -0.3 is 9.80 Å². The molecule has 3 rings (SSSR count). The molecule has 1 amide bonds. The molecule has 0 spiro atoms. The Bertz CT molecular complexity index is 779. The fraction of sp³-hybridized carbons (Fsp3) is 0.562. The summed E-state index contributed by atoms with van der Waals surface area (Å²) >= 11 is 0. The zero-order valence-corrected chi connectivity index (χ0v) is 15.2. The second-order valence-corrected chi connectivity index (χ2v) is 8.34. The number of benzene rings is 1. The summed E-state index contributed by atoms with van der Waals surface area (Å²) in [5.41, 5.74) is 0.569. The highest BCUT2D eigenvalue weighted by Gasteiger charge is 2.43. The first-order valence-electron chi connectivity index (χ1n) is 8.41. The monoisotopic (exact) mass is 388 g/mol. The zero-order valence-electron chi connectivity index (χ0n) is 14.4. The van der Waals surface area contributed by atoms with E-state index in [1.165, 1.54) is 13.1 Å². The molecule has 2 N–H and O–H groups in total. The molecule has 2 aliphatic rings. The predicted octanol–water partition coefficient (Wildman–Crippen LogP) is 0.240. The molecule has 2 heterocycles. The quantitative estimate of drug-likeness (QED) is 0.772. The second-order valence-electron chi connectivity index (χ2n) is 6.48. The molecule has 1 atom stereocenters. The maximum Gasteiger partial charge on any atom is 0.262 e. The molecule has 0 aromatic heterocycles. The van der Waals surface area contributed by atoms with Crippen molar-refractivity contribution in [3.63, 3.8) is 0 Å². The minimum Gasteiger partial charge on any atom is -0.367 e. The third-order valence-corrected chi connectivity index (χ3v) is 6.23. The minimum atomic E-state index is -3.60. The lowest BCUT2D eigenvalue weighted by molar-refractivity contribution is -0.134. The SMILES string of the molecule is CNS(=O)(=O)c1ccccc1N1CCN(C(=O)C2CC(F)(F)CN2)CC1. The van der Waals surface area contributed by atoms with Crippen LogP contribution in [-0.4, -0.2) is 71.0 Å². The molecule has 26 heavy (non-hydrogen) atoms. The van der Waals surface area contributed by atoms with Crippen LogP contribution in [-0.2, 0) is 14.8 Å². The van der Waals surface area contributed by atoms with Gasteiger partial charge in [0.25, 0.3) is 5.92 Å². The van der Waals surface area contributed by atoms with Crippen molar-refractivity contribution >= 4 is 21.6 Å². The van der Waals surface area contributed by atoms with Crippen LogP contribution in [0.4, 0.5) is 14.5 Å². The van der Waals surface area contributed by atoms with Crippen molar-refractivity contribution in [3.05, 3.63) is 24.3 Å². The van der Waals surface area contributed by atoms with Crippen molar-refractivity contribution in [2.24, 2.45) is 0 Å². The van der Waals surface area contributed by atoms with Gasteiger partial charge in [-0.05, 0) is 19.2 Å². The molecule has 1 aromatic rings. The van der Waals surface area contributed by atoms with E-state index in [1.54, 1.807) is 23.1 Å². The van der Waals surface area contributed by atoms with Crippen LogP contribution in [0.1, 0.15) is 6.42 Å². The average Bonchev–Trinajstić information content (AvgIpc) is 3.01. The number of amides is 1. The van der Waals surface area contributed by atoms with Gasteiger partial charge in [0.1, 0.15) is 4.90 Å². The predicted molar refractivity (Wildman–Crippen MR) is 92.8 cm³/mol. The van der Waals surface area contributed by atoms with Gasteiger partial charge in [-0.3, -0.25) is 10.1 Å². The van der Waals surface area contributed by atoms with Gasteiger partial charge in [0.2, 0.25) is 15.9 Å². The number of hydrogen-bond acceptors (Lipinski definition) is 5. The lowest BCUT2D eigenvalue weighted by Gasteiger charge is -2.37. The van der Waals surface area contributed by atoms with E-state index < -0.39 is 35.0 Å². The fourth-order valence-electron chi connectivity index (χ4n) is 3.33. The lowest BCUT2D eigenvalue weighted by Crippen LogP contribution is -2.53. The standard InChI is InChI=1S/C16H22F2N4O3S/c1-19-26(24,25)14-5-3-2-4-13(14)21-6-8-22(9-7-21)15(23)12-10-16(17,18)11-20-12/h2-5,12,19-20H,6-11H2,1H3. The number of piperazine rings is 1. The number of alkyl halides is 2. The second kappa shape index (κ2) is 7.09. The molecule has 2 aliphatic heterocycles. The third kappa shape index (κ3) is 3.81. The molecule has 1 aromatic carbocycles. The Kier molecular flexibility index (Phi) is 5.18. The van der Waals surface area contributed by atoms with Crippen molar-refractivity contribution in [1.29, 1.82) is 0 Å². The fourth-order valence-corrected chi connectivity index (χ4v) is 4.28. The number of nitrogens with zero attached hydrogens (tertiary/aromatic N) is 2. The molecule has 10 heteroatoms. The number of carbonyl (C=O) groups is 1. The molecule has 2 fully saturated rings. The number of nitrogens with one attached hydrogen (secondary N) is 2. The van der Waals surface area contributed by atoms with Gasteiger partial charge in [0, 0.05) is 32.6 Å². The molecule has 0 aliphatic carbocycles. The van der Waals surface area contributed by atoms with Crippen LogP contribution in [0.2, 0.25) is 0 Å². The summed E-state index contributed by atoms with van der Waals surface area (Å²) in [6.45, 7) is 1.11. The maximum absolute atomic E-state index is 13.3. The molecular formula is C16H22F2N4O3S. The number of carbonyl (C=O) groups excluding carboxylic acids is 1. The maximum atomic E-state index is 13.3. The van der Waals surface area contributed by atoms with Crippen molar-refractivity contribution in [2.45, 2.75) is 23.3 Å². The summed E-state index contributed by atoms with van der Waals surface area (Å²) < 4.78 is 53.3. The van der Waals surface area contributed by atoms with E-state index in [1.807, 2.05) is 4.90 Å². The smallest absolute Gasteiger partial charge is 0.262 e. The highest BCUT2D eigenvalue weighted by molar-refractivity contribution is 7.89. The van der Waals surface area contributed by atoms with E-state index in [0.29, 0.717) is 31.9 Å². The van der Waals surface area contributed by atoms with E-state index in [2.05, 4.69) is 10.0 Å². The largest absolute Gasteiger partial charge is 0.367 e. The summed E-state index contributed by atoms with van der Waals surface area (Å²) in [4.78, 5) is 16.0. The van der Waals surface area contributed by atoms with Gasteiger partial charge in [0.15, 0.2) is 0 Å². The molecule has 7 nitrogen and oxygen atoms in total. The van der Waals surface area contributed by atoms with Gasteiger partial charge in [0.05, 0.1) is 18.3 Å². The first-order chi connectivity index (χ1) is 12.2. The summed E-state index contributed by atoms with van der Waals surface area (Å²) in [5, 5.41) is 2.58. The topological polar surface area (TPSA) is 81.8 Å². The van der Waals surface area contributed by atoms with Gasteiger partial charge >= 0.3 is 0 Å². The minimum absolute atomic E-state index is 0.180. The third-order valence-electron chi connectivity index (χ3n) is 4.76. The lowest BCUT2D eigenvalue weighted by atomic mass is 10.1. The van der Waals surface area contributed by atoms with Crippen LogP contribution in [0, 0.1) is 0 Å². The van der Waals surface area contributed by atoms with Crippen molar-refractivity contribution < 1.29 is 22.0 Å². The number of anilines is 1. The van der Waals surface area contributed by atoms with Gasteiger partial charge in [-0.2, -0.15) is 0 Å². The normalized spacial score (nSPS) is 23.3. The van der Waals surface area contributed by atoms with Gasteiger partial charge in [-0.15, -0.1) is 0 Å². The Balaban J connectivity index is 1.67. The molecule has 144 valence electrons. The van der Waals surface area contributed by atoms with Crippen LogP contribution < -0.4 is 14.9 Å². The van der Waals surface area contributed by atoms with E-state index >= 15 is 0 Å². The average molecular weight is 388 g/mol. The number of rotatable bonds is 4.